The largest absolute Gasteiger partial charge is 0.482 e. The lowest BCUT2D eigenvalue weighted by atomic mass is 10.1. The molecular weight excluding hydrogens is 264 g/mol. The second kappa shape index (κ2) is 5.97. The molecule has 2 aromatic rings. The van der Waals surface area contributed by atoms with Gasteiger partial charge in [-0.15, -0.1) is 0 Å². The summed E-state index contributed by atoms with van der Waals surface area (Å²) >= 11 is 0. The number of nitrogens with one attached hydrogen (secondary N) is 2. The SMILES string of the molecule is C[C@H](NCc1ccccc1)c1ccc2c(c1)NC(=O)CO2. The van der Waals surface area contributed by atoms with Crippen LogP contribution in [0.1, 0.15) is 24.1 Å². The highest BCUT2D eigenvalue weighted by atomic mass is 16.5. The first kappa shape index (κ1) is 13.6. The molecule has 0 radical (unpaired) electrons. The Kier molecular flexibility index (Phi) is 3.88. The molecule has 2 aromatic carbocycles. The molecule has 4 nitrogen and oxygen atoms in total. The molecule has 0 aromatic heterocycles. The molecule has 1 heterocycles. The first-order valence-corrected chi connectivity index (χ1v) is 7.06. The molecule has 1 atom stereocenters. The van der Waals surface area contributed by atoms with E-state index in [4.69, 9.17) is 4.74 Å². The maximum Gasteiger partial charge on any atom is 0.262 e. The van der Waals surface area contributed by atoms with Crippen LogP contribution < -0.4 is 15.4 Å². The van der Waals surface area contributed by atoms with Gasteiger partial charge in [0.1, 0.15) is 5.75 Å². The Morgan fingerprint density at radius 1 is 1.24 bits per heavy atom. The third-order valence-electron chi connectivity index (χ3n) is 3.59. The molecule has 0 unspecified atom stereocenters. The fraction of sp³-hybridized carbons (Fsp3) is 0.235. The van der Waals surface area contributed by atoms with E-state index < -0.39 is 0 Å². The van der Waals surface area contributed by atoms with Crippen LogP contribution in [0.5, 0.6) is 5.75 Å². The van der Waals surface area contributed by atoms with Crippen LogP contribution in [-0.2, 0) is 11.3 Å². The molecule has 108 valence electrons. The van der Waals surface area contributed by atoms with Crippen molar-refractivity contribution in [3.8, 4) is 5.75 Å². The van der Waals surface area contributed by atoms with Crippen molar-refractivity contribution in [2.45, 2.75) is 19.5 Å². The van der Waals surface area contributed by atoms with Gasteiger partial charge in [-0.25, -0.2) is 0 Å². The number of carbonyl (C=O) groups excluding carboxylic acids is 1. The molecule has 0 saturated carbocycles. The number of benzene rings is 2. The van der Waals surface area contributed by atoms with Crippen molar-refractivity contribution in [2.24, 2.45) is 0 Å². The Morgan fingerprint density at radius 2 is 2.05 bits per heavy atom. The van der Waals surface area contributed by atoms with Gasteiger partial charge in [0.05, 0.1) is 5.69 Å². The molecule has 21 heavy (non-hydrogen) atoms. The minimum absolute atomic E-state index is 0.0914. The average Bonchev–Trinajstić information content (AvgIpc) is 2.53. The van der Waals surface area contributed by atoms with Crippen LogP contribution in [0.25, 0.3) is 0 Å². The number of ether oxygens (including phenoxy) is 1. The first-order valence-electron chi connectivity index (χ1n) is 7.06. The summed E-state index contributed by atoms with van der Waals surface area (Å²) in [5.74, 6) is 0.623. The monoisotopic (exact) mass is 282 g/mol. The van der Waals surface area contributed by atoms with E-state index in [1.807, 2.05) is 36.4 Å². The quantitative estimate of drug-likeness (QED) is 0.906. The third kappa shape index (κ3) is 3.23. The molecule has 2 N–H and O–H groups in total. The van der Waals surface area contributed by atoms with Gasteiger partial charge in [-0.1, -0.05) is 36.4 Å². The maximum atomic E-state index is 11.4. The van der Waals surface area contributed by atoms with Gasteiger partial charge in [0.25, 0.3) is 5.91 Å². The summed E-state index contributed by atoms with van der Waals surface area (Å²) in [6.07, 6.45) is 0. The van der Waals surface area contributed by atoms with E-state index in [2.05, 4.69) is 29.7 Å². The van der Waals surface area contributed by atoms with Crippen molar-refractivity contribution in [2.75, 3.05) is 11.9 Å². The molecule has 0 bridgehead atoms. The highest BCUT2D eigenvalue weighted by molar-refractivity contribution is 5.95. The van der Waals surface area contributed by atoms with Crippen LogP contribution in [0.2, 0.25) is 0 Å². The first-order chi connectivity index (χ1) is 10.2. The smallest absolute Gasteiger partial charge is 0.262 e. The van der Waals surface area contributed by atoms with E-state index in [1.54, 1.807) is 0 Å². The van der Waals surface area contributed by atoms with Gasteiger partial charge in [-0.2, -0.15) is 0 Å². The fourth-order valence-electron chi connectivity index (χ4n) is 2.35. The highest BCUT2D eigenvalue weighted by Gasteiger charge is 2.17. The number of carbonyl (C=O) groups is 1. The lowest BCUT2D eigenvalue weighted by molar-refractivity contribution is -0.118. The van der Waals surface area contributed by atoms with Gasteiger partial charge >= 0.3 is 0 Å². The van der Waals surface area contributed by atoms with Gasteiger partial charge in [-0.3, -0.25) is 4.79 Å². The number of amides is 1. The number of hydrogen-bond acceptors (Lipinski definition) is 3. The summed E-state index contributed by atoms with van der Waals surface area (Å²) in [5, 5.41) is 6.32. The molecule has 1 aliphatic rings. The predicted molar refractivity (Wildman–Crippen MR) is 82.3 cm³/mol. The maximum absolute atomic E-state index is 11.4. The summed E-state index contributed by atoms with van der Waals surface area (Å²) < 4.78 is 5.37. The van der Waals surface area contributed by atoms with E-state index in [9.17, 15) is 4.79 Å². The molecular formula is C17H18N2O2. The van der Waals surface area contributed by atoms with Crippen LogP contribution in [0.4, 0.5) is 5.69 Å². The molecule has 0 spiro atoms. The molecule has 1 aliphatic heterocycles. The Labute approximate surface area is 124 Å². The summed E-state index contributed by atoms with van der Waals surface area (Å²) in [7, 11) is 0. The zero-order valence-corrected chi connectivity index (χ0v) is 11.9. The summed E-state index contributed by atoms with van der Waals surface area (Å²) in [6.45, 7) is 3.01. The van der Waals surface area contributed by atoms with E-state index in [1.165, 1.54) is 5.56 Å². The lowest BCUT2D eigenvalue weighted by Crippen LogP contribution is -2.26. The van der Waals surface area contributed by atoms with Gasteiger partial charge in [-0.05, 0) is 30.2 Å². The van der Waals surface area contributed by atoms with Crippen LogP contribution >= 0.6 is 0 Å². The van der Waals surface area contributed by atoms with Gasteiger partial charge in [0, 0.05) is 12.6 Å². The van der Waals surface area contributed by atoms with Crippen molar-refractivity contribution in [3.05, 3.63) is 59.7 Å². The van der Waals surface area contributed by atoms with Gasteiger partial charge in [0.15, 0.2) is 6.61 Å². The minimum atomic E-state index is -0.107. The van der Waals surface area contributed by atoms with Crippen molar-refractivity contribution >= 4 is 11.6 Å². The van der Waals surface area contributed by atoms with E-state index >= 15 is 0 Å². The zero-order chi connectivity index (χ0) is 14.7. The number of anilines is 1. The summed E-state index contributed by atoms with van der Waals surface area (Å²) in [6, 6.07) is 16.4. The van der Waals surface area contributed by atoms with Crippen molar-refractivity contribution in [1.29, 1.82) is 0 Å². The van der Waals surface area contributed by atoms with Crippen molar-refractivity contribution < 1.29 is 9.53 Å². The van der Waals surface area contributed by atoms with Gasteiger partial charge < -0.3 is 15.4 Å². The molecule has 4 heteroatoms. The number of hydrogen-bond donors (Lipinski definition) is 2. The Balaban J connectivity index is 1.69. The van der Waals surface area contributed by atoms with Crippen molar-refractivity contribution in [1.82, 2.24) is 5.32 Å². The number of rotatable bonds is 4. The number of fused-ring (bicyclic) bond motifs is 1. The fourth-order valence-corrected chi connectivity index (χ4v) is 2.35. The summed E-state index contributed by atoms with van der Waals surface area (Å²) in [4.78, 5) is 11.4. The molecule has 0 aliphatic carbocycles. The second-order valence-electron chi connectivity index (χ2n) is 5.18. The Morgan fingerprint density at radius 3 is 2.86 bits per heavy atom. The third-order valence-corrected chi connectivity index (χ3v) is 3.59. The van der Waals surface area contributed by atoms with Crippen LogP contribution in [0, 0.1) is 0 Å². The van der Waals surface area contributed by atoms with Crippen LogP contribution in [0.15, 0.2) is 48.5 Å². The van der Waals surface area contributed by atoms with Crippen LogP contribution in [0.3, 0.4) is 0 Å². The zero-order valence-electron chi connectivity index (χ0n) is 11.9. The highest BCUT2D eigenvalue weighted by Crippen LogP contribution is 2.30. The van der Waals surface area contributed by atoms with E-state index in [0.29, 0.717) is 0 Å². The van der Waals surface area contributed by atoms with E-state index in [0.717, 1.165) is 23.5 Å². The second-order valence-corrected chi connectivity index (χ2v) is 5.18. The Bertz CT molecular complexity index is 640. The normalized spacial score (nSPS) is 14.8. The Hall–Kier alpha value is -2.33. The topological polar surface area (TPSA) is 50.4 Å². The molecule has 1 amide bonds. The van der Waals surface area contributed by atoms with Crippen LogP contribution in [-0.4, -0.2) is 12.5 Å². The average molecular weight is 282 g/mol. The molecule has 0 saturated heterocycles. The van der Waals surface area contributed by atoms with E-state index in [-0.39, 0.29) is 18.6 Å². The summed E-state index contributed by atoms with van der Waals surface area (Å²) in [5.41, 5.74) is 3.12. The standard InChI is InChI=1S/C17H18N2O2/c1-12(18-10-13-5-3-2-4-6-13)14-7-8-16-15(9-14)19-17(20)11-21-16/h2-9,12,18H,10-11H2,1H3,(H,19,20)/t12-/m0/s1. The predicted octanol–water partition coefficient (Wildman–Crippen LogP) is 2.87. The molecule has 3 rings (SSSR count). The molecule has 0 fully saturated rings. The van der Waals surface area contributed by atoms with Gasteiger partial charge in [0.2, 0.25) is 0 Å². The van der Waals surface area contributed by atoms with Crippen molar-refractivity contribution in [3.63, 3.8) is 0 Å². The lowest BCUT2D eigenvalue weighted by Gasteiger charge is -2.21. The minimum Gasteiger partial charge on any atom is -0.482 e.